The van der Waals surface area contributed by atoms with Crippen LogP contribution in [0.3, 0.4) is 0 Å². The van der Waals surface area contributed by atoms with Crippen LogP contribution in [-0.4, -0.2) is 11.9 Å². The minimum atomic E-state index is -0.758. The molecule has 0 amide bonds. The van der Waals surface area contributed by atoms with Crippen molar-refractivity contribution < 1.29 is 14.3 Å². The smallest absolute Gasteiger partial charge is 0.324 e. The summed E-state index contributed by atoms with van der Waals surface area (Å²) in [7, 11) is 0. The van der Waals surface area contributed by atoms with E-state index in [-0.39, 0.29) is 5.92 Å². The van der Waals surface area contributed by atoms with Gasteiger partial charge in [0.2, 0.25) is 0 Å². The molecular formula is C11H16O3. The summed E-state index contributed by atoms with van der Waals surface area (Å²) in [5.41, 5.74) is -0.758. The van der Waals surface area contributed by atoms with Crippen LogP contribution >= 0.6 is 0 Å². The number of hydrogen-bond acceptors (Lipinski definition) is 3. The van der Waals surface area contributed by atoms with Gasteiger partial charge in [0.15, 0.2) is 0 Å². The van der Waals surface area contributed by atoms with Crippen molar-refractivity contribution in [2.45, 2.75) is 33.6 Å². The van der Waals surface area contributed by atoms with Gasteiger partial charge in [0.1, 0.15) is 0 Å². The van der Waals surface area contributed by atoms with Crippen molar-refractivity contribution in [3.8, 4) is 0 Å². The summed E-state index contributed by atoms with van der Waals surface area (Å²) in [6, 6.07) is 0. The van der Waals surface area contributed by atoms with Crippen molar-refractivity contribution in [2.75, 3.05) is 0 Å². The molecule has 0 aromatic carbocycles. The third kappa shape index (κ3) is 1.72. The lowest BCUT2D eigenvalue weighted by atomic mass is 9.80. The number of ether oxygens (including phenoxy) is 1. The molecule has 2 atom stereocenters. The van der Waals surface area contributed by atoms with Crippen LogP contribution in [0.15, 0.2) is 12.2 Å². The topological polar surface area (TPSA) is 43.4 Å². The SMILES string of the molecule is CCCC=CC1(C)C(=O)OC(=O)C1C. The highest BCUT2D eigenvalue weighted by molar-refractivity contribution is 5.99. The van der Waals surface area contributed by atoms with E-state index < -0.39 is 17.4 Å². The Morgan fingerprint density at radius 1 is 1.50 bits per heavy atom. The molecule has 1 rings (SSSR count). The first-order valence-corrected chi connectivity index (χ1v) is 4.96. The van der Waals surface area contributed by atoms with Crippen LogP contribution in [0.2, 0.25) is 0 Å². The Hall–Kier alpha value is -1.12. The number of carbonyl (C=O) groups is 2. The zero-order chi connectivity index (χ0) is 10.8. The fourth-order valence-corrected chi connectivity index (χ4v) is 1.42. The number of cyclic esters (lactones) is 2. The summed E-state index contributed by atoms with van der Waals surface area (Å²) in [5, 5.41) is 0. The Morgan fingerprint density at radius 3 is 2.57 bits per heavy atom. The molecule has 1 saturated heterocycles. The summed E-state index contributed by atoms with van der Waals surface area (Å²) in [6.45, 7) is 5.54. The number of unbranched alkanes of at least 4 members (excludes halogenated alkanes) is 1. The molecule has 0 saturated carbocycles. The normalized spacial score (nSPS) is 32.6. The molecule has 0 bridgehead atoms. The molecule has 3 nitrogen and oxygen atoms in total. The highest BCUT2D eigenvalue weighted by Gasteiger charge is 2.50. The Balaban J connectivity index is 2.81. The third-order valence-electron chi connectivity index (χ3n) is 2.81. The highest BCUT2D eigenvalue weighted by atomic mass is 16.6. The first kappa shape index (κ1) is 11.0. The molecule has 0 spiro atoms. The lowest BCUT2D eigenvalue weighted by Crippen LogP contribution is -2.26. The standard InChI is InChI=1S/C11H16O3/c1-4-5-6-7-11(3)8(2)9(12)14-10(11)13/h6-8H,4-5H2,1-3H3. The first-order chi connectivity index (χ1) is 6.52. The molecule has 0 aromatic rings. The van der Waals surface area contributed by atoms with Gasteiger partial charge in [0.05, 0.1) is 11.3 Å². The molecular weight excluding hydrogens is 180 g/mol. The third-order valence-corrected chi connectivity index (χ3v) is 2.81. The average molecular weight is 196 g/mol. The maximum atomic E-state index is 11.4. The monoisotopic (exact) mass is 196 g/mol. The second-order valence-electron chi connectivity index (χ2n) is 3.90. The molecule has 1 aliphatic heterocycles. The van der Waals surface area contributed by atoms with Gasteiger partial charge in [-0.15, -0.1) is 0 Å². The molecule has 78 valence electrons. The maximum absolute atomic E-state index is 11.4. The number of esters is 2. The van der Waals surface area contributed by atoms with Crippen molar-refractivity contribution in [3.63, 3.8) is 0 Å². The molecule has 1 heterocycles. The quantitative estimate of drug-likeness (QED) is 0.394. The van der Waals surface area contributed by atoms with Gasteiger partial charge in [-0.3, -0.25) is 9.59 Å². The Kier molecular flexibility index (Phi) is 3.09. The van der Waals surface area contributed by atoms with E-state index in [4.69, 9.17) is 0 Å². The van der Waals surface area contributed by atoms with E-state index in [1.54, 1.807) is 19.9 Å². The number of carbonyl (C=O) groups excluding carboxylic acids is 2. The van der Waals surface area contributed by atoms with Crippen LogP contribution in [0, 0.1) is 11.3 Å². The highest BCUT2D eigenvalue weighted by Crippen LogP contribution is 2.37. The lowest BCUT2D eigenvalue weighted by molar-refractivity contribution is -0.154. The number of allylic oxidation sites excluding steroid dienone is 1. The van der Waals surface area contributed by atoms with E-state index >= 15 is 0 Å². The molecule has 3 heteroatoms. The largest absolute Gasteiger partial charge is 0.392 e. The number of rotatable bonds is 3. The van der Waals surface area contributed by atoms with Crippen molar-refractivity contribution in [3.05, 3.63) is 12.2 Å². The van der Waals surface area contributed by atoms with Gasteiger partial charge in [0, 0.05) is 0 Å². The van der Waals surface area contributed by atoms with Crippen molar-refractivity contribution in [2.24, 2.45) is 11.3 Å². The predicted molar refractivity (Wildman–Crippen MR) is 52.4 cm³/mol. The van der Waals surface area contributed by atoms with Crippen LogP contribution in [0.1, 0.15) is 33.6 Å². The fraction of sp³-hybridized carbons (Fsp3) is 0.636. The van der Waals surface area contributed by atoms with Crippen LogP contribution in [0.4, 0.5) is 0 Å². The van der Waals surface area contributed by atoms with Crippen molar-refractivity contribution in [1.29, 1.82) is 0 Å². The van der Waals surface area contributed by atoms with E-state index in [2.05, 4.69) is 11.7 Å². The van der Waals surface area contributed by atoms with Gasteiger partial charge in [-0.25, -0.2) is 0 Å². The van der Waals surface area contributed by atoms with Gasteiger partial charge in [0.25, 0.3) is 0 Å². The van der Waals surface area contributed by atoms with Crippen molar-refractivity contribution >= 4 is 11.9 Å². The van der Waals surface area contributed by atoms with Crippen molar-refractivity contribution in [1.82, 2.24) is 0 Å². The molecule has 2 unspecified atom stereocenters. The Labute approximate surface area is 84.1 Å². The van der Waals surface area contributed by atoms with Gasteiger partial charge in [-0.1, -0.05) is 32.4 Å². The fourth-order valence-electron chi connectivity index (χ4n) is 1.42. The first-order valence-electron chi connectivity index (χ1n) is 4.96. The van der Waals surface area contributed by atoms with Crippen LogP contribution in [0.25, 0.3) is 0 Å². The van der Waals surface area contributed by atoms with E-state index in [1.165, 1.54) is 0 Å². The summed E-state index contributed by atoms with van der Waals surface area (Å²) in [6.07, 6.45) is 5.69. The van der Waals surface area contributed by atoms with Gasteiger partial charge >= 0.3 is 11.9 Å². The summed E-state index contributed by atoms with van der Waals surface area (Å²) in [4.78, 5) is 22.6. The van der Waals surface area contributed by atoms with Crippen LogP contribution < -0.4 is 0 Å². The van der Waals surface area contributed by atoms with Gasteiger partial charge in [-0.05, 0) is 13.3 Å². The summed E-state index contributed by atoms with van der Waals surface area (Å²) >= 11 is 0. The molecule has 0 aliphatic carbocycles. The van der Waals surface area contributed by atoms with Crippen LogP contribution in [0.5, 0.6) is 0 Å². The average Bonchev–Trinajstić information content (AvgIpc) is 2.32. The van der Waals surface area contributed by atoms with E-state index in [1.807, 2.05) is 6.08 Å². The Morgan fingerprint density at radius 2 is 2.14 bits per heavy atom. The van der Waals surface area contributed by atoms with Gasteiger partial charge < -0.3 is 4.74 Å². The molecule has 0 radical (unpaired) electrons. The zero-order valence-corrected chi connectivity index (χ0v) is 8.87. The summed E-state index contributed by atoms with van der Waals surface area (Å²) < 4.78 is 4.59. The maximum Gasteiger partial charge on any atom is 0.324 e. The van der Waals surface area contributed by atoms with E-state index in [0.717, 1.165) is 12.8 Å². The predicted octanol–water partition coefficient (Wildman–Crippen LogP) is 2.07. The molecule has 1 aliphatic rings. The molecule has 0 aromatic heterocycles. The second kappa shape index (κ2) is 3.95. The minimum Gasteiger partial charge on any atom is -0.392 e. The van der Waals surface area contributed by atoms with Gasteiger partial charge in [-0.2, -0.15) is 0 Å². The lowest BCUT2D eigenvalue weighted by Gasteiger charge is -2.17. The summed E-state index contributed by atoms with van der Waals surface area (Å²) in [5.74, 6) is -1.22. The zero-order valence-electron chi connectivity index (χ0n) is 8.87. The number of hydrogen-bond donors (Lipinski definition) is 0. The molecule has 0 N–H and O–H groups in total. The minimum absolute atomic E-state index is 0.372. The van der Waals surface area contributed by atoms with Crippen LogP contribution in [-0.2, 0) is 14.3 Å². The van der Waals surface area contributed by atoms with E-state index in [9.17, 15) is 9.59 Å². The Bertz CT molecular complexity index is 280. The molecule has 1 fully saturated rings. The van der Waals surface area contributed by atoms with E-state index in [0.29, 0.717) is 0 Å². The second-order valence-corrected chi connectivity index (χ2v) is 3.90. The molecule has 14 heavy (non-hydrogen) atoms.